The summed E-state index contributed by atoms with van der Waals surface area (Å²) in [6, 6.07) is 6.79. The van der Waals surface area contributed by atoms with Gasteiger partial charge in [0, 0.05) is 6.54 Å². The molecule has 0 spiro atoms. The number of benzene rings is 1. The highest BCUT2D eigenvalue weighted by Crippen LogP contribution is 2.18. The van der Waals surface area contributed by atoms with Crippen LogP contribution < -0.4 is 10.1 Å². The highest BCUT2D eigenvalue weighted by atomic mass is 16.5. The Bertz CT molecular complexity index is 454. The zero-order valence-corrected chi connectivity index (χ0v) is 10.7. The maximum Gasteiger partial charge on any atom is 0.310 e. The van der Waals surface area contributed by atoms with Crippen LogP contribution in [0.3, 0.4) is 0 Å². The van der Waals surface area contributed by atoms with Crippen molar-refractivity contribution in [3.63, 3.8) is 0 Å². The molecule has 0 aliphatic rings. The summed E-state index contributed by atoms with van der Waals surface area (Å²) in [7, 11) is 1.48. The van der Waals surface area contributed by atoms with Gasteiger partial charge in [-0.25, -0.2) is 0 Å². The van der Waals surface area contributed by atoms with E-state index in [0.717, 1.165) is 0 Å². The lowest BCUT2D eigenvalue weighted by Gasteiger charge is -2.19. The average Bonchev–Trinajstić information content (AvgIpc) is 2.35. The standard InChI is InChI=1S/C13H17NO4/c1-13(2,12(16)17)8-14-11(15)9-6-4-5-7-10(9)18-3/h4-7H,8H2,1-3H3,(H,14,15)(H,16,17). The Hall–Kier alpha value is -2.04. The van der Waals surface area contributed by atoms with Gasteiger partial charge in [-0.3, -0.25) is 9.59 Å². The quantitative estimate of drug-likeness (QED) is 0.832. The third-order valence-corrected chi connectivity index (χ3v) is 2.62. The Morgan fingerprint density at radius 1 is 1.33 bits per heavy atom. The van der Waals surface area contributed by atoms with Crippen LogP contribution in [0.4, 0.5) is 0 Å². The van der Waals surface area contributed by atoms with Crippen LogP contribution in [-0.4, -0.2) is 30.6 Å². The van der Waals surface area contributed by atoms with Crippen molar-refractivity contribution in [2.45, 2.75) is 13.8 Å². The van der Waals surface area contributed by atoms with Crippen molar-refractivity contribution in [1.82, 2.24) is 5.32 Å². The molecule has 0 atom stereocenters. The predicted octanol–water partition coefficient (Wildman–Crippen LogP) is 1.54. The summed E-state index contributed by atoms with van der Waals surface area (Å²) >= 11 is 0. The molecule has 0 fully saturated rings. The number of carbonyl (C=O) groups is 2. The zero-order chi connectivity index (χ0) is 13.8. The van der Waals surface area contributed by atoms with Gasteiger partial charge in [-0.15, -0.1) is 0 Å². The van der Waals surface area contributed by atoms with Crippen molar-refractivity contribution in [2.75, 3.05) is 13.7 Å². The maximum atomic E-state index is 11.9. The van der Waals surface area contributed by atoms with Gasteiger partial charge in [0.1, 0.15) is 5.75 Å². The van der Waals surface area contributed by atoms with E-state index in [-0.39, 0.29) is 12.5 Å². The van der Waals surface area contributed by atoms with Gasteiger partial charge in [0.05, 0.1) is 18.1 Å². The Balaban J connectivity index is 2.75. The Labute approximate surface area is 106 Å². The summed E-state index contributed by atoms with van der Waals surface area (Å²) in [5, 5.41) is 11.5. The summed E-state index contributed by atoms with van der Waals surface area (Å²) in [6.45, 7) is 3.16. The number of rotatable bonds is 5. The normalized spacial score (nSPS) is 10.8. The Kier molecular flexibility index (Phi) is 4.31. The van der Waals surface area contributed by atoms with Crippen LogP contribution in [-0.2, 0) is 4.79 Å². The van der Waals surface area contributed by atoms with Crippen LogP contribution in [0.2, 0.25) is 0 Å². The number of hydrogen-bond acceptors (Lipinski definition) is 3. The highest BCUT2D eigenvalue weighted by molar-refractivity contribution is 5.97. The first-order valence-electron chi connectivity index (χ1n) is 5.53. The highest BCUT2D eigenvalue weighted by Gasteiger charge is 2.28. The topological polar surface area (TPSA) is 75.6 Å². The molecule has 2 N–H and O–H groups in total. The number of carboxylic acids is 1. The molecule has 1 rings (SSSR count). The van der Waals surface area contributed by atoms with Gasteiger partial charge in [-0.05, 0) is 26.0 Å². The number of carbonyl (C=O) groups excluding carboxylic acids is 1. The second-order valence-corrected chi connectivity index (χ2v) is 4.57. The van der Waals surface area contributed by atoms with Crippen molar-refractivity contribution < 1.29 is 19.4 Å². The lowest BCUT2D eigenvalue weighted by Crippen LogP contribution is -2.39. The summed E-state index contributed by atoms with van der Waals surface area (Å²) in [6.07, 6.45) is 0. The van der Waals surface area contributed by atoms with Crippen LogP contribution in [0.15, 0.2) is 24.3 Å². The largest absolute Gasteiger partial charge is 0.496 e. The lowest BCUT2D eigenvalue weighted by molar-refractivity contribution is -0.146. The molecular formula is C13H17NO4. The van der Waals surface area contributed by atoms with Crippen LogP contribution in [0.5, 0.6) is 5.75 Å². The smallest absolute Gasteiger partial charge is 0.310 e. The number of ether oxygens (including phenoxy) is 1. The Morgan fingerprint density at radius 3 is 2.50 bits per heavy atom. The fraction of sp³-hybridized carbons (Fsp3) is 0.385. The van der Waals surface area contributed by atoms with E-state index in [0.29, 0.717) is 11.3 Å². The van der Waals surface area contributed by atoms with Crippen molar-refractivity contribution in [1.29, 1.82) is 0 Å². The molecule has 0 aliphatic carbocycles. The molecular weight excluding hydrogens is 234 g/mol. The van der Waals surface area contributed by atoms with E-state index < -0.39 is 11.4 Å². The molecule has 0 heterocycles. The second kappa shape index (κ2) is 5.53. The fourth-order valence-electron chi connectivity index (χ4n) is 1.30. The molecule has 0 aromatic heterocycles. The first-order valence-corrected chi connectivity index (χ1v) is 5.53. The van der Waals surface area contributed by atoms with E-state index in [1.807, 2.05) is 0 Å². The Morgan fingerprint density at radius 2 is 1.94 bits per heavy atom. The van der Waals surface area contributed by atoms with Crippen LogP contribution in [0, 0.1) is 5.41 Å². The van der Waals surface area contributed by atoms with E-state index in [1.165, 1.54) is 7.11 Å². The molecule has 0 bridgehead atoms. The molecule has 5 nitrogen and oxygen atoms in total. The predicted molar refractivity (Wildman–Crippen MR) is 66.7 cm³/mol. The van der Waals surface area contributed by atoms with E-state index in [4.69, 9.17) is 9.84 Å². The van der Waals surface area contributed by atoms with Gasteiger partial charge in [-0.1, -0.05) is 12.1 Å². The van der Waals surface area contributed by atoms with Crippen LogP contribution >= 0.6 is 0 Å². The molecule has 0 radical (unpaired) electrons. The van der Waals surface area contributed by atoms with Crippen molar-refractivity contribution >= 4 is 11.9 Å². The van der Waals surface area contributed by atoms with Gasteiger partial charge in [0.25, 0.3) is 5.91 Å². The van der Waals surface area contributed by atoms with Gasteiger partial charge in [-0.2, -0.15) is 0 Å². The minimum atomic E-state index is -1.00. The van der Waals surface area contributed by atoms with Crippen molar-refractivity contribution in [3.8, 4) is 5.75 Å². The number of hydrogen-bond donors (Lipinski definition) is 2. The summed E-state index contributed by atoms with van der Waals surface area (Å²) < 4.78 is 5.07. The number of aliphatic carboxylic acids is 1. The molecule has 98 valence electrons. The number of para-hydroxylation sites is 1. The number of amides is 1. The zero-order valence-electron chi connectivity index (χ0n) is 10.7. The summed E-state index contributed by atoms with van der Waals surface area (Å²) in [5.41, 5.74) is -0.612. The minimum absolute atomic E-state index is 0.0548. The molecule has 18 heavy (non-hydrogen) atoms. The van der Waals surface area contributed by atoms with Crippen LogP contribution in [0.25, 0.3) is 0 Å². The van der Waals surface area contributed by atoms with Crippen molar-refractivity contribution in [2.24, 2.45) is 5.41 Å². The van der Waals surface area contributed by atoms with E-state index in [9.17, 15) is 9.59 Å². The van der Waals surface area contributed by atoms with Gasteiger partial charge in [0.2, 0.25) is 0 Å². The molecule has 0 saturated carbocycles. The van der Waals surface area contributed by atoms with Gasteiger partial charge < -0.3 is 15.2 Å². The van der Waals surface area contributed by atoms with Gasteiger partial charge >= 0.3 is 5.97 Å². The lowest BCUT2D eigenvalue weighted by atomic mass is 9.94. The SMILES string of the molecule is COc1ccccc1C(=O)NCC(C)(C)C(=O)O. The maximum absolute atomic E-state index is 11.9. The van der Waals surface area contributed by atoms with Crippen molar-refractivity contribution in [3.05, 3.63) is 29.8 Å². The first-order chi connectivity index (χ1) is 8.38. The molecule has 1 aromatic carbocycles. The van der Waals surface area contributed by atoms with E-state index in [2.05, 4.69) is 5.32 Å². The monoisotopic (exact) mass is 251 g/mol. The fourth-order valence-corrected chi connectivity index (χ4v) is 1.30. The second-order valence-electron chi connectivity index (χ2n) is 4.57. The number of carboxylic acid groups (broad SMARTS) is 1. The minimum Gasteiger partial charge on any atom is -0.496 e. The molecule has 5 heteroatoms. The summed E-state index contributed by atoms with van der Waals surface area (Å²) in [5.74, 6) is -0.840. The molecule has 1 amide bonds. The molecule has 0 saturated heterocycles. The first kappa shape index (κ1) is 14.0. The van der Waals surface area contributed by atoms with Crippen LogP contribution in [0.1, 0.15) is 24.2 Å². The van der Waals surface area contributed by atoms with Gasteiger partial charge in [0.15, 0.2) is 0 Å². The molecule has 0 unspecified atom stereocenters. The van der Waals surface area contributed by atoms with E-state index >= 15 is 0 Å². The van der Waals surface area contributed by atoms with E-state index in [1.54, 1.807) is 38.1 Å². The molecule has 0 aliphatic heterocycles. The third kappa shape index (κ3) is 3.23. The summed E-state index contributed by atoms with van der Waals surface area (Å²) in [4.78, 5) is 22.8. The number of methoxy groups -OCH3 is 1. The number of nitrogens with one attached hydrogen (secondary N) is 1. The molecule has 1 aromatic rings. The third-order valence-electron chi connectivity index (χ3n) is 2.62. The average molecular weight is 251 g/mol.